The Kier molecular flexibility index (Phi) is 5.64. The molecule has 0 radical (unpaired) electrons. The van der Waals surface area contributed by atoms with E-state index >= 15 is 0 Å². The summed E-state index contributed by atoms with van der Waals surface area (Å²) in [5, 5.41) is 14.8. The van der Waals surface area contributed by atoms with Crippen LogP contribution in [0.1, 0.15) is 32.1 Å². The summed E-state index contributed by atoms with van der Waals surface area (Å²) in [4.78, 5) is 26.4. The van der Waals surface area contributed by atoms with Crippen molar-refractivity contribution in [2.45, 2.75) is 45.4 Å². The number of thiophene rings is 1. The van der Waals surface area contributed by atoms with Crippen LogP contribution in [0.2, 0.25) is 0 Å². The highest BCUT2D eigenvalue weighted by Gasteiger charge is 2.37. The summed E-state index contributed by atoms with van der Waals surface area (Å²) in [5.74, 6) is -1.52. The van der Waals surface area contributed by atoms with Gasteiger partial charge in [0.2, 0.25) is 0 Å². The Morgan fingerprint density at radius 3 is 2.78 bits per heavy atom. The van der Waals surface area contributed by atoms with Crippen LogP contribution in [0.25, 0.3) is 0 Å². The molecule has 2 heterocycles. The van der Waals surface area contributed by atoms with Crippen molar-refractivity contribution in [3.05, 3.63) is 22.4 Å². The van der Waals surface area contributed by atoms with Crippen LogP contribution in [0.4, 0.5) is 4.79 Å². The first-order valence-electron chi connectivity index (χ1n) is 7.73. The largest absolute Gasteiger partial charge is 0.481 e. The molecule has 1 amide bonds. The standard InChI is InChI=1S/C16H24N2O4S/c1-16(2,3)22-15(21)18-7-6-13(12(10-18)14(19)20)17-9-11-5-4-8-23-11/h4-5,8,12-13,17H,6-7,9-10H2,1-3H3,(H,19,20)/t12-,13+/m1/s1. The number of carboxylic acids is 1. The molecule has 1 aromatic rings. The fourth-order valence-corrected chi connectivity index (χ4v) is 3.24. The summed E-state index contributed by atoms with van der Waals surface area (Å²) in [5.41, 5.74) is -0.579. The van der Waals surface area contributed by atoms with E-state index in [1.807, 2.05) is 17.5 Å². The van der Waals surface area contributed by atoms with Crippen LogP contribution < -0.4 is 5.32 Å². The smallest absolute Gasteiger partial charge is 0.410 e. The van der Waals surface area contributed by atoms with Crippen LogP contribution in [-0.4, -0.2) is 46.8 Å². The maximum absolute atomic E-state index is 12.1. The molecule has 1 saturated heterocycles. The first-order chi connectivity index (χ1) is 10.8. The third kappa shape index (κ3) is 5.21. The van der Waals surface area contributed by atoms with Gasteiger partial charge in [-0.15, -0.1) is 11.3 Å². The second-order valence-electron chi connectivity index (χ2n) is 6.73. The molecular formula is C16H24N2O4S. The van der Waals surface area contributed by atoms with Gasteiger partial charge in [0.1, 0.15) is 5.60 Å². The number of piperidine rings is 1. The summed E-state index contributed by atoms with van der Waals surface area (Å²) in [7, 11) is 0. The highest BCUT2D eigenvalue weighted by atomic mass is 32.1. The van der Waals surface area contributed by atoms with Gasteiger partial charge in [-0.3, -0.25) is 4.79 Å². The first kappa shape index (κ1) is 17.7. The molecule has 7 heteroatoms. The van der Waals surface area contributed by atoms with Gasteiger partial charge in [-0.2, -0.15) is 0 Å². The molecule has 1 aromatic heterocycles. The summed E-state index contributed by atoms with van der Waals surface area (Å²) in [6.07, 6.45) is 0.155. The lowest BCUT2D eigenvalue weighted by atomic mass is 9.92. The zero-order chi connectivity index (χ0) is 17.0. The molecule has 2 rings (SSSR count). The van der Waals surface area contributed by atoms with Gasteiger partial charge in [0.25, 0.3) is 0 Å². The average molecular weight is 340 g/mol. The molecule has 1 aliphatic heterocycles. The Morgan fingerprint density at radius 1 is 1.48 bits per heavy atom. The fourth-order valence-electron chi connectivity index (χ4n) is 2.58. The van der Waals surface area contributed by atoms with Gasteiger partial charge in [0.15, 0.2) is 0 Å². The molecule has 0 aromatic carbocycles. The lowest BCUT2D eigenvalue weighted by Gasteiger charge is -2.37. The molecule has 128 valence electrons. The number of carbonyl (C=O) groups excluding carboxylic acids is 1. The minimum absolute atomic E-state index is 0.145. The molecule has 2 N–H and O–H groups in total. The highest BCUT2D eigenvalue weighted by Crippen LogP contribution is 2.21. The van der Waals surface area contributed by atoms with Gasteiger partial charge in [0, 0.05) is 30.6 Å². The van der Waals surface area contributed by atoms with E-state index in [4.69, 9.17) is 4.74 Å². The number of hydrogen-bond acceptors (Lipinski definition) is 5. The SMILES string of the molecule is CC(C)(C)OC(=O)N1CC[C@H](NCc2cccs2)[C@H](C(=O)O)C1. The Morgan fingerprint density at radius 2 is 2.22 bits per heavy atom. The summed E-state index contributed by atoms with van der Waals surface area (Å²) >= 11 is 1.64. The first-order valence-corrected chi connectivity index (χ1v) is 8.61. The van der Waals surface area contributed by atoms with Crippen LogP contribution >= 0.6 is 11.3 Å². The van der Waals surface area contributed by atoms with Crippen molar-refractivity contribution < 1.29 is 19.4 Å². The zero-order valence-electron chi connectivity index (χ0n) is 13.7. The van der Waals surface area contributed by atoms with Crippen LogP contribution in [0, 0.1) is 5.92 Å². The quantitative estimate of drug-likeness (QED) is 0.880. The Bertz CT molecular complexity index is 539. The molecule has 0 bridgehead atoms. The van der Waals surface area contributed by atoms with E-state index in [0.29, 0.717) is 19.5 Å². The third-order valence-corrected chi connectivity index (χ3v) is 4.58. The normalized spacial score (nSPS) is 22.0. The fraction of sp³-hybridized carbons (Fsp3) is 0.625. The van der Waals surface area contributed by atoms with Crippen molar-refractivity contribution in [1.29, 1.82) is 0 Å². The lowest BCUT2D eigenvalue weighted by molar-refractivity contribution is -0.144. The Labute approximate surface area is 140 Å². The number of carbonyl (C=O) groups is 2. The second-order valence-corrected chi connectivity index (χ2v) is 7.76. The van der Waals surface area contributed by atoms with E-state index in [9.17, 15) is 14.7 Å². The second kappa shape index (κ2) is 7.31. The van der Waals surface area contributed by atoms with Crippen molar-refractivity contribution in [1.82, 2.24) is 10.2 Å². The number of nitrogens with one attached hydrogen (secondary N) is 1. The number of nitrogens with zero attached hydrogens (tertiary/aromatic N) is 1. The summed E-state index contributed by atoms with van der Waals surface area (Å²) < 4.78 is 5.33. The highest BCUT2D eigenvalue weighted by molar-refractivity contribution is 7.09. The minimum atomic E-state index is -0.887. The molecule has 23 heavy (non-hydrogen) atoms. The number of carboxylic acid groups (broad SMARTS) is 1. The molecule has 0 spiro atoms. The number of likely N-dealkylation sites (tertiary alicyclic amines) is 1. The van der Waals surface area contributed by atoms with E-state index in [1.54, 1.807) is 32.1 Å². The number of hydrogen-bond donors (Lipinski definition) is 2. The molecule has 0 saturated carbocycles. The van der Waals surface area contributed by atoms with Crippen LogP contribution in [0.5, 0.6) is 0 Å². The monoisotopic (exact) mass is 340 g/mol. The van der Waals surface area contributed by atoms with Gasteiger partial charge in [-0.05, 0) is 38.6 Å². The van der Waals surface area contributed by atoms with E-state index in [-0.39, 0.29) is 12.6 Å². The number of amides is 1. The summed E-state index contributed by atoms with van der Waals surface area (Å²) in [6, 6.07) is 3.85. The molecular weight excluding hydrogens is 316 g/mol. The van der Waals surface area contributed by atoms with Gasteiger partial charge >= 0.3 is 12.1 Å². The lowest BCUT2D eigenvalue weighted by Crippen LogP contribution is -2.54. The van der Waals surface area contributed by atoms with E-state index < -0.39 is 23.6 Å². The van der Waals surface area contributed by atoms with E-state index in [2.05, 4.69) is 5.32 Å². The molecule has 1 aliphatic rings. The molecule has 0 unspecified atom stereocenters. The molecule has 2 atom stereocenters. The van der Waals surface area contributed by atoms with Crippen molar-refractivity contribution >= 4 is 23.4 Å². The average Bonchev–Trinajstić information content (AvgIpc) is 2.96. The Hall–Kier alpha value is -1.60. The van der Waals surface area contributed by atoms with Crippen LogP contribution in [-0.2, 0) is 16.1 Å². The van der Waals surface area contributed by atoms with E-state index in [0.717, 1.165) is 0 Å². The molecule has 1 fully saturated rings. The Balaban J connectivity index is 1.94. The molecule has 6 nitrogen and oxygen atoms in total. The maximum atomic E-state index is 12.1. The number of rotatable bonds is 4. The number of aliphatic carboxylic acids is 1. The van der Waals surface area contributed by atoms with Crippen LogP contribution in [0.3, 0.4) is 0 Å². The van der Waals surface area contributed by atoms with Gasteiger partial charge in [-0.25, -0.2) is 4.79 Å². The summed E-state index contributed by atoms with van der Waals surface area (Å²) in [6.45, 7) is 6.73. The zero-order valence-corrected chi connectivity index (χ0v) is 14.6. The van der Waals surface area contributed by atoms with Crippen LogP contribution in [0.15, 0.2) is 17.5 Å². The van der Waals surface area contributed by atoms with Gasteiger partial charge in [-0.1, -0.05) is 6.07 Å². The topological polar surface area (TPSA) is 78.9 Å². The molecule has 0 aliphatic carbocycles. The van der Waals surface area contributed by atoms with Crippen molar-refractivity contribution in [3.8, 4) is 0 Å². The van der Waals surface area contributed by atoms with Gasteiger partial charge < -0.3 is 20.1 Å². The predicted molar refractivity (Wildman–Crippen MR) is 88.5 cm³/mol. The van der Waals surface area contributed by atoms with Crippen molar-refractivity contribution in [2.24, 2.45) is 5.92 Å². The minimum Gasteiger partial charge on any atom is -0.481 e. The van der Waals surface area contributed by atoms with Gasteiger partial charge in [0.05, 0.1) is 5.92 Å². The van der Waals surface area contributed by atoms with E-state index in [1.165, 1.54) is 9.78 Å². The van der Waals surface area contributed by atoms with Crippen molar-refractivity contribution in [2.75, 3.05) is 13.1 Å². The van der Waals surface area contributed by atoms with Crippen molar-refractivity contribution in [3.63, 3.8) is 0 Å². The number of ether oxygens (including phenoxy) is 1. The third-order valence-electron chi connectivity index (χ3n) is 3.70. The maximum Gasteiger partial charge on any atom is 0.410 e. The predicted octanol–water partition coefficient (Wildman–Crippen LogP) is 2.55.